The number of pyridine rings is 2. The van der Waals surface area contributed by atoms with Crippen molar-refractivity contribution in [3.05, 3.63) is 88.2 Å². The Bertz CT molecular complexity index is 1300. The van der Waals surface area contributed by atoms with Crippen LogP contribution in [0, 0.1) is 0 Å². The zero-order valence-electron chi connectivity index (χ0n) is 17.0. The summed E-state index contributed by atoms with van der Waals surface area (Å²) in [5, 5.41) is 0.878. The maximum atomic E-state index is 12.6. The van der Waals surface area contributed by atoms with Crippen molar-refractivity contribution < 1.29 is 14.3 Å². The molecule has 4 rings (SSSR count). The fraction of sp³-hybridized carbons (Fsp3) is 0.167. The van der Waals surface area contributed by atoms with Gasteiger partial charge in [-0.2, -0.15) is 0 Å². The number of carbonyl (C=O) groups excluding carboxylic acids is 2. The highest BCUT2D eigenvalue weighted by molar-refractivity contribution is 5.97. The van der Waals surface area contributed by atoms with Crippen LogP contribution in [0.4, 0.5) is 0 Å². The van der Waals surface area contributed by atoms with E-state index >= 15 is 0 Å². The van der Waals surface area contributed by atoms with Crippen molar-refractivity contribution >= 4 is 22.7 Å². The first-order valence-electron chi connectivity index (χ1n) is 10.0. The van der Waals surface area contributed by atoms with E-state index in [0.717, 1.165) is 27.6 Å². The maximum Gasteiger partial charge on any atom is 0.354 e. The number of benzene rings is 1. The number of ketones is 1. The van der Waals surface area contributed by atoms with Crippen LogP contribution >= 0.6 is 0 Å². The average Bonchev–Trinajstić information content (AvgIpc) is 3.22. The molecule has 0 atom stereocenters. The molecule has 7 nitrogen and oxygen atoms in total. The number of hydrogen-bond acceptors (Lipinski definition) is 5. The second-order valence-corrected chi connectivity index (χ2v) is 7.12. The maximum absolute atomic E-state index is 12.6. The van der Waals surface area contributed by atoms with Crippen LogP contribution in [0.25, 0.3) is 22.0 Å². The Kier molecular flexibility index (Phi) is 5.75. The normalized spacial score (nSPS) is 10.9. The summed E-state index contributed by atoms with van der Waals surface area (Å²) in [5.41, 5.74) is 4.13. The van der Waals surface area contributed by atoms with E-state index in [1.54, 1.807) is 37.5 Å². The van der Waals surface area contributed by atoms with Gasteiger partial charge >= 0.3 is 5.97 Å². The summed E-state index contributed by atoms with van der Waals surface area (Å²) in [4.78, 5) is 45.6. The minimum Gasteiger partial charge on any atom is -0.461 e. The first-order chi connectivity index (χ1) is 15.0. The number of fused-ring (bicyclic) bond motifs is 1. The molecule has 0 spiro atoms. The van der Waals surface area contributed by atoms with E-state index in [9.17, 15) is 14.4 Å². The number of nitrogens with zero attached hydrogens (tertiary/aromatic N) is 1. The highest BCUT2D eigenvalue weighted by Crippen LogP contribution is 2.26. The van der Waals surface area contributed by atoms with Crippen LogP contribution in [0.15, 0.2) is 65.7 Å². The van der Waals surface area contributed by atoms with Gasteiger partial charge in [0.2, 0.25) is 5.56 Å². The summed E-state index contributed by atoms with van der Waals surface area (Å²) in [7, 11) is 0. The number of aryl methyl sites for hydroxylation is 1. The minimum absolute atomic E-state index is 0.0691. The van der Waals surface area contributed by atoms with E-state index in [-0.39, 0.29) is 17.3 Å². The SMILES string of the molecule is CCOC(=O)c1cc2cc(-c3ccnc(C(=O)CCc4ccc(=O)[nH]c4)c3)ccc2[nH]1. The van der Waals surface area contributed by atoms with Gasteiger partial charge in [-0.15, -0.1) is 0 Å². The molecule has 0 aliphatic rings. The molecule has 0 fully saturated rings. The summed E-state index contributed by atoms with van der Waals surface area (Å²) in [6.07, 6.45) is 4.06. The summed E-state index contributed by atoms with van der Waals surface area (Å²) in [6, 6.07) is 14.3. The molecule has 0 aliphatic heterocycles. The minimum atomic E-state index is -0.389. The van der Waals surface area contributed by atoms with Gasteiger partial charge in [0.15, 0.2) is 5.78 Å². The molecule has 2 N–H and O–H groups in total. The number of nitrogens with one attached hydrogen (secondary N) is 2. The lowest BCUT2D eigenvalue weighted by atomic mass is 10.0. The summed E-state index contributed by atoms with van der Waals surface area (Å²) >= 11 is 0. The van der Waals surface area contributed by atoms with Crippen LogP contribution in [0.5, 0.6) is 0 Å². The van der Waals surface area contributed by atoms with Crippen LogP contribution < -0.4 is 5.56 Å². The number of Topliss-reactive ketones (excluding diaryl/α,β-unsaturated/α-hetero) is 1. The van der Waals surface area contributed by atoms with Crippen molar-refractivity contribution in [2.75, 3.05) is 6.61 Å². The van der Waals surface area contributed by atoms with Crippen molar-refractivity contribution in [1.29, 1.82) is 0 Å². The van der Waals surface area contributed by atoms with E-state index in [4.69, 9.17) is 4.74 Å². The second kappa shape index (κ2) is 8.79. The number of carbonyl (C=O) groups is 2. The van der Waals surface area contributed by atoms with Gasteiger partial charge < -0.3 is 14.7 Å². The van der Waals surface area contributed by atoms with Crippen molar-refractivity contribution in [1.82, 2.24) is 15.0 Å². The van der Waals surface area contributed by atoms with E-state index in [1.807, 2.05) is 24.3 Å². The lowest BCUT2D eigenvalue weighted by Crippen LogP contribution is -2.06. The molecule has 156 valence electrons. The van der Waals surface area contributed by atoms with Crippen molar-refractivity contribution in [3.63, 3.8) is 0 Å². The molecule has 0 radical (unpaired) electrons. The Morgan fingerprint density at radius 3 is 2.65 bits per heavy atom. The molecule has 1 aromatic carbocycles. The smallest absolute Gasteiger partial charge is 0.354 e. The lowest BCUT2D eigenvalue weighted by Gasteiger charge is -2.05. The predicted octanol–water partition coefficient (Wildman–Crippen LogP) is 3.91. The third-order valence-corrected chi connectivity index (χ3v) is 4.98. The van der Waals surface area contributed by atoms with Crippen LogP contribution in [0.1, 0.15) is 39.9 Å². The summed E-state index contributed by atoms with van der Waals surface area (Å²) < 4.78 is 5.04. The second-order valence-electron chi connectivity index (χ2n) is 7.12. The third-order valence-electron chi connectivity index (χ3n) is 4.98. The van der Waals surface area contributed by atoms with E-state index < -0.39 is 0 Å². The molecule has 3 aromatic heterocycles. The topological polar surface area (TPSA) is 105 Å². The zero-order chi connectivity index (χ0) is 21.8. The van der Waals surface area contributed by atoms with Crippen LogP contribution in [-0.4, -0.2) is 33.3 Å². The molecule has 0 bridgehead atoms. The number of H-pyrrole nitrogens is 2. The molecule has 4 aromatic rings. The number of aromatic nitrogens is 3. The quantitative estimate of drug-likeness (QED) is 0.352. The molecule has 31 heavy (non-hydrogen) atoms. The van der Waals surface area contributed by atoms with Gasteiger partial charge in [0.1, 0.15) is 11.4 Å². The fourth-order valence-electron chi connectivity index (χ4n) is 3.38. The van der Waals surface area contributed by atoms with Gasteiger partial charge in [-0.3, -0.25) is 14.6 Å². The Labute approximate surface area is 178 Å². The largest absolute Gasteiger partial charge is 0.461 e. The number of hydrogen-bond donors (Lipinski definition) is 2. The summed E-state index contributed by atoms with van der Waals surface area (Å²) in [5.74, 6) is -0.458. The fourth-order valence-corrected chi connectivity index (χ4v) is 3.38. The standard InChI is InChI=1S/C24H21N3O4/c1-2-31-24(30)21-13-18-11-16(5-6-19(18)27-21)17-9-10-25-20(12-17)22(28)7-3-15-4-8-23(29)26-14-15/h4-6,8-14,27H,2-3,7H2,1H3,(H,26,29). The zero-order valence-corrected chi connectivity index (χ0v) is 17.0. The van der Waals surface area contributed by atoms with Crippen LogP contribution in [0.3, 0.4) is 0 Å². The Morgan fingerprint density at radius 1 is 1.03 bits per heavy atom. The molecule has 3 heterocycles. The average molecular weight is 415 g/mol. The first-order valence-corrected chi connectivity index (χ1v) is 10.0. The van der Waals surface area contributed by atoms with Crippen LogP contribution in [-0.2, 0) is 11.2 Å². The van der Waals surface area contributed by atoms with Crippen molar-refractivity contribution in [3.8, 4) is 11.1 Å². The molecule has 0 aliphatic carbocycles. The van der Waals surface area contributed by atoms with Crippen molar-refractivity contribution in [2.45, 2.75) is 19.8 Å². The van der Waals surface area contributed by atoms with Gasteiger partial charge in [-0.05, 0) is 60.4 Å². The highest BCUT2D eigenvalue weighted by Gasteiger charge is 2.13. The highest BCUT2D eigenvalue weighted by atomic mass is 16.5. The van der Waals surface area contributed by atoms with Crippen molar-refractivity contribution in [2.24, 2.45) is 0 Å². The third kappa shape index (κ3) is 4.61. The molecule has 0 unspecified atom stereocenters. The summed E-state index contributed by atoms with van der Waals surface area (Å²) in [6.45, 7) is 2.08. The molecule has 0 amide bonds. The van der Waals surface area contributed by atoms with Gasteiger partial charge in [-0.1, -0.05) is 12.1 Å². The van der Waals surface area contributed by atoms with E-state index in [0.29, 0.717) is 30.8 Å². The van der Waals surface area contributed by atoms with Gasteiger partial charge in [0.05, 0.1) is 6.61 Å². The Balaban J connectivity index is 1.53. The molecular formula is C24H21N3O4. The number of esters is 1. The molecule has 0 saturated carbocycles. The Morgan fingerprint density at radius 2 is 1.87 bits per heavy atom. The number of aromatic amines is 2. The number of rotatable bonds is 7. The number of ether oxygens (including phenoxy) is 1. The van der Waals surface area contributed by atoms with Gasteiger partial charge in [0.25, 0.3) is 0 Å². The van der Waals surface area contributed by atoms with Crippen LogP contribution in [0.2, 0.25) is 0 Å². The van der Waals surface area contributed by atoms with E-state index in [2.05, 4.69) is 15.0 Å². The monoisotopic (exact) mass is 415 g/mol. The molecule has 7 heteroatoms. The molecule has 0 saturated heterocycles. The van der Waals surface area contributed by atoms with Gasteiger partial charge in [-0.25, -0.2) is 4.79 Å². The Hall–Kier alpha value is -4.00. The van der Waals surface area contributed by atoms with E-state index in [1.165, 1.54) is 6.07 Å². The molecular weight excluding hydrogens is 394 g/mol. The first kappa shape index (κ1) is 20.3. The lowest BCUT2D eigenvalue weighted by molar-refractivity contribution is 0.0520. The van der Waals surface area contributed by atoms with Gasteiger partial charge in [0, 0.05) is 35.8 Å². The predicted molar refractivity (Wildman–Crippen MR) is 117 cm³/mol.